The molecule has 0 radical (unpaired) electrons. The average Bonchev–Trinajstić information content (AvgIpc) is 3.68. The molecule has 1 aliphatic heterocycles. The van der Waals surface area contributed by atoms with Crippen LogP contribution in [0.5, 0.6) is 0 Å². The molecule has 230 valence electrons. The van der Waals surface area contributed by atoms with Gasteiger partial charge in [-0.1, -0.05) is 11.3 Å². The number of hydrogen-bond donors (Lipinski definition) is 1. The number of hydrogen-bond acceptors (Lipinski definition) is 10. The fraction of sp³-hybridized carbons (Fsp3) is 0.500. The zero-order valence-electron chi connectivity index (χ0n) is 25.6. The molecule has 2 aliphatic rings. The van der Waals surface area contributed by atoms with Crippen LogP contribution in [0.25, 0.3) is 27.5 Å². The summed E-state index contributed by atoms with van der Waals surface area (Å²) in [5, 5.41) is 28.6. The van der Waals surface area contributed by atoms with Gasteiger partial charge in [0.05, 0.1) is 34.2 Å². The number of rotatable bonds is 6. The maximum absolute atomic E-state index is 12.6. The number of ether oxygens (including phenoxy) is 2. The van der Waals surface area contributed by atoms with Crippen molar-refractivity contribution >= 4 is 28.6 Å². The highest BCUT2D eigenvalue weighted by molar-refractivity contribution is 7.14. The van der Waals surface area contributed by atoms with Crippen LogP contribution in [0.4, 0.5) is 10.5 Å². The highest BCUT2D eigenvalue weighted by atomic mass is 32.1. The number of nitrogens with zero attached hydrogens (tertiary/aromatic N) is 7. The van der Waals surface area contributed by atoms with E-state index in [1.165, 1.54) is 0 Å². The SMILES string of the molecule is CN(C(=O)OC(C)(C)C)C1CCC(c2nnc(-c3cnc(-c4ccc5cc(C#N)cnn45)cc3NC3CCOCC3)s2)CC1. The maximum atomic E-state index is 12.6. The van der Waals surface area contributed by atoms with Gasteiger partial charge in [-0.3, -0.25) is 4.98 Å². The molecule has 0 unspecified atom stereocenters. The molecule has 2 fully saturated rings. The molecule has 1 saturated carbocycles. The fourth-order valence-electron chi connectivity index (χ4n) is 5.90. The molecular weight excluding hydrogens is 576 g/mol. The molecule has 6 rings (SSSR count). The topological polar surface area (TPSA) is 131 Å². The van der Waals surface area contributed by atoms with Crippen LogP contribution in [0, 0.1) is 11.3 Å². The van der Waals surface area contributed by atoms with Crippen LogP contribution in [-0.2, 0) is 9.47 Å². The predicted octanol–water partition coefficient (Wildman–Crippen LogP) is 6.27. The van der Waals surface area contributed by atoms with E-state index in [9.17, 15) is 10.1 Å². The molecule has 0 bridgehead atoms. The number of pyridine rings is 1. The first kappa shape index (κ1) is 30.0. The van der Waals surface area contributed by atoms with E-state index in [1.807, 2.05) is 52.2 Å². The summed E-state index contributed by atoms with van der Waals surface area (Å²) in [5.74, 6) is 0.306. The highest BCUT2D eigenvalue weighted by Crippen LogP contribution is 2.40. The summed E-state index contributed by atoms with van der Waals surface area (Å²) in [7, 11) is 1.84. The second-order valence-electron chi connectivity index (χ2n) is 12.6. The van der Waals surface area contributed by atoms with Gasteiger partial charge in [-0.2, -0.15) is 10.4 Å². The van der Waals surface area contributed by atoms with Crippen molar-refractivity contribution in [2.75, 3.05) is 25.6 Å². The molecular formula is C32H38N8O3S. The lowest BCUT2D eigenvalue weighted by Crippen LogP contribution is -2.42. The second-order valence-corrected chi connectivity index (χ2v) is 13.6. The third kappa shape index (κ3) is 6.54. The van der Waals surface area contributed by atoms with Gasteiger partial charge in [0.1, 0.15) is 16.7 Å². The minimum Gasteiger partial charge on any atom is -0.444 e. The summed E-state index contributed by atoms with van der Waals surface area (Å²) in [6, 6.07) is 10.4. The minimum atomic E-state index is -0.508. The predicted molar refractivity (Wildman–Crippen MR) is 168 cm³/mol. The molecule has 12 heteroatoms. The van der Waals surface area contributed by atoms with Crippen molar-refractivity contribution < 1.29 is 14.3 Å². The largest absolute Gasteiger partial charge is 0.444 e. The van der Waals surface area contributed by atoms with Crippen molar-refractivity contribution in [1.29, 1.82) is 5.26 Å². The average molecular weight is 615 g/mol. The molecule has 0 aromatic carbocycles. The van der Waals surface area contributed by atoms with E-state index >= 15 is 0 Å². The highest BCUT2D eigenvalue weighted by Gasteiger charge is 2.31. The van der Waals surface area contributed by atoms with E-state index < -0.39 is 5.60 Å². The van der Waals surface area contributed by atoms with Crippen molar-refractivity contribution in [2.24, 2.45) is 0 Å². The Labute approximate surface area is 261 Å². The van der Waals surface area contributed by atoms with Crippen molar-refractivity contribution in [3.05, 3.63) is 47.2 Å². The number of anilines is 1. The Kier molecular flexibility index (Phi) is 8.51. The number of nitrogens with one attached hydrogen (secondary N) is 1. The zero-order chi connectivity index (χ0) is 30.8. The molecule has 1 amide bonds. The Balaban J connectivity index is 1.22. The number of nitriles is 1. The summed E-state index contributed by atoms with van der Waals surface area (Å²) < 4.78 is 13.0. The quantitative estimate of drug-likeness (QED) is 0.267. The lowest BCUT2D eigenvalue weighted by atomic mass is 9.86. The first-order valence-corrected chi connectivity index (χ1v) is 16.0. The van der Waals surface area contributed by atoms with Crippen molar-refractivity contribution in [3.8, 4) is 28.0 Å². The van der Waals surface area contributed by atoms with E-state index in [0.717, 1.165) is 89.9 Å². The summed E-state index contributed by atoms with van der Waals surface area (Å²) in [6.07, 6.45) is 8.70. The van der Waals surface area contributed by atoms with Crippen LogP contribution in [0.15, 0.2) is 36.7 Å². The lowest BCUT2D eigenvalue weighted by Gasteiger charge is -2.35. The van der Waals surface area contributed by atoms with Gasteiger partial charge in [-0.05, 0) is 83.6 Å². The van der Waals surface area contributed by atoms with Crippen molar-refractivity contribution in [3.63, 3.8) is 0 Å². The van der Waals surface area contributed by atoms with Gasteiger partial charge in [-0.15, -0.1) is 10.2 Å². The van der Waals surface area contributed by atoms with E-state index in [2.05, 4.69) is 32.7 Å². The van der Waals surface area contributed by atoms with Crippen LogP contribution >= 0.6 is 11.3 Å². The monoisotopic (exact) mass is 614 g/mol. The molecule has 0 atom stereocenters. The molecule has 5 heterocycles. The van der Waals surface area contributed by atoms with Crippen LogP contribution in [0.2, 0.25) is 0 Å². The zero-order valence-corrected chi connectivity index (χ0v) is 26.4. The number of aromatic nitrogens is 5. The van der Waals surface area contributed by atoms with Gasteiger partial charge < -0.3 is 19.7 Å². The fourth-order valence-corrected chi connectivity index (χ4v) is 6.94. The van der Waals surface area contributed by atoms with Gasteiger partial charge in [0, 0.05) is 50.1 Å². The third-order valence-electron chi connectivity index (χ3n) is 8.32. The molecule has 1 saturated heterocycles. The minimum absolute atomic E-state index is 0.159. The third-order valence-corrected chi connectivity index (χ3v) is 9.44. The number of carbonyl (C=O) groups excluding carboxylic acids is 1. The summed E-state index contributed by atoms with van der Waals surface area (Å²) in [6.45, 7) is 7.13. The van der Waals surface area contributed by atoms with E-state index in [-0.39, 0.29) is 18.2 Å². The first-order valence-electron chi connectivity index (χ1n) is 15.2. The van der Waals surface area contributed by atoms with Gasteiger partial charge in [-0.25, -0.2) is 9.31 Å². The maximum Gasteiger partial charge on any atom is 0.410 e. The number of fused-ring (bicyclic) bond motifs is 1. The van der Waals surface area contributed by atoms with E-state index in [0.29, 0.717) is 11.5 Å². The van der Waals surface area contributed by atoms with Crippen LogP contribution < -0.4 is 5.32 Å². The Bertz CT molecular complexity index is 1670. The Morgan fingerprint density at radius 2 is 1.89 bits per heavy atom. The van der Waals surface area contributed by atoms with Gasteiger partial charge in [0.25, 0.3) is 0 Å². The van der Waals surface area contributed by atoms with Crippen molar-refractivity contribution in [1.82, 2.24) is 29.7 Å². The van der Waals surface area contributed by atoms with Gasteiger partial charge in [0.2, 0.25) is 0 Å². The summed E-state index contributed by atoms with van der Waals surface area (Å²) in [5.41, 5.74) is 4.34. The molecule has 1 N–H and O–H groups in total. The molecule has 4 aromatic heterocycles. The smallest absolute Gasteiger partial charge is 0.410 e. The Morgan fingerprint density at radius 3 is 2.61 bits per heavy atom. The molecule has 44 heavy (non-hydrogen) atoms. The standard InChI is InChI=1S/C32H38N8O3S/c1-32(2,3)43-31(41)39(4)23-7-5-21(6-8-23)29-37-38-30(44-29)25-19-34-27(16-26(25)36-22-11-13-42-14-12-22)28-10-9-24-15-20(17-33)18-35-40(24)28/h9-10,15-16,18-19,21-23H,5-8,11-14H2,1-4H3,(H,34,36). The molecule has 4 aromatic rings. The first-order chi connectivity index (χ1) is 21.2. The van der Waals surface area contributed by atoms with Gasteiger partial charge in [0.15, 0.2) is 5.01 Å². The Hall–Kier alpha value is -4.08. The molecule has 1 aliphatic carbocycles. The van der Waals surface area contributed by atoms with Crippen molar-refractivity contribution in [2.45, 2.75) is 82.9 Å². The molecule has 0 spiro atoms. The Morgan fingerprint density at radius 1 is 1.11 bits per heavy atom. The van der Waals surface area contributed by atoms with E-state index in [4.69, 9.17) is 14.5 Å². The lowest BCUT2D eigenvalue weighted by molar-refractivity contribution is 0.0183. The van der Waals surface area contributed by atoms with E-state index in [1.54, 1.807) is 26.9 Å². The second kappa shape index (κ2) is 12.5. The number of amides is 1. The number of carbonyl (C=O) groups is 1. The van der Waals surface area contributed by atoms with Gasteiger partial charge >= 0.3 is 6.09 Å². The normalized spacial score (nSPS) is 19.4. The summed E-state index contributed by atoms with van der Waals surface area (Å²) in [4.78, 5) is 19.2. The summed E-state index contributed by atoms with van der Waals surface area (Å²) >= 11 is 1.62. The molecule has 11 nitrogen and oxygen atoms in total. The van der Waals surface area contributed by atoms with Crippen LogP contribution in [-0.4, -0.2) is 73.7 Å². The van der Waals surface area contributed by atoms with Crippen LogP contribution in [0.3, 0.4) is 0 Å². The van der Waals surface area contributed by atoms with Crippen LogP contribution in [0.1, 0.15) is 75.8 Å².